The fraction of sp³-hybridized carbons (Fsp3) is 1.00. The zero-order valence-electron chi connectivity index (χ0n) is 11.6. The van der Waals surface area contributed by atoms with Crippen molar-refractivity contribution >= 4 is 0 Å². The molecule has 0 amide bonds. The maximum Gasteiger partial charge on any atom is 0.0900 e. The molecular formula is C15H26O2. The van der Waals surface area contributed by atoms with Gasteiger partial charge in [-0.15, -0.1) is 0 Å². The Kier molecular flexibility index (Phi) is 2.45. The first-order valence-electron chi connectivity index (χ1n) is 7.24. The second kappa shape index (κ2) is 3.48. The predicted octanol–water partition coefficient (Wildman–Crippen LogP) is 2.99. The number of aliphatic hydroxyl groups is 1. The van der Waals surface area contributed by atoms with Gasteiger partial charge >= 0.3 is 0 Å². The van der Waals surface area contributed by atoms with E-state index in [9.17, 15) is 5.11 Å². The molecule has 2 saturated heterocycles. The molecule has 3 rings (SSSR count). The van der Waals surface area contributed by atoms with Gasteiger partial charge in [0, 0.05) is 0 Å². The smallest absolute Gasteiger partial charge is 0.0900 e. The van der Waals surface area contributed by atoms with Crippen molar-refractivity contribution in [1.82, 2.24) is 0 Å². The number of hydrogen-bond donors (Lipinski definition) is 1. The van der Waals surface area contributed by atoms with Crippen molar-refractivity contribution in [1.29, 1.82) is 0 Å². The topological polar surface area (TPSA) is 29.5 Å². The van der Waals surface area contributed by atoms with Crippen LogP contribution in [0.3, 0.4) is 0 Å². The molecule has 17 heavy (non-hydrogen) atoms. The molecule has 2 bridgehead atoms. The molecule has 98 valence electrons. The first-order chi connectivity index (χ1) is 7.86. The zero-order valence-corrected chi connectivity index (χ0v) is 11.6. The van der Waals surface area contributed by atoms with Crippen LogP contribution >= 0.6 is 0 Å². The van der Waals surface area contributed by atoms with Crippen molar-refractivity contribution in [3.8, 4) is 0 Å². The normalized spacial score (nSPS) is 57.5. The molecule has 0 radical (unpaired) electrons. The number of rotatable bonds is 1. The minimum absolute atomic E-state index is 0.0844. The molecule has 1 saturated carbocycles. The highest BCUT2D eigenvalue weighted by atomic mass is 16.5. The van der Waals surface area contributed by atoms with Gasteiger partial charge in [-0.05, 0) is 55.8 Å². The summed E-state index contributed by atoms with van der Waals surface area (Å²) in [6.07, 6.45) is 5.06. The van der Waals surface area contributed by atoms with Crippen molar-refractivity contribution in [3.63, 3.8) is 0 Å². The van der Waals surface area contributed by atoms with Crippen LogP contribution in [0.25, 0.3) is 0 Å². The molecule has 2 heterocycles. The fourth-order valence-corrected chi connectivity index (χ4v) is 4.92. The van der Waals surface area contributed by atoms with Crippen molar-refractivity contribution in [3.05, 3.63) is 0 Å². The molecule has 6 atom stereocenters. The molecular weight excluding hydrogens is 212 g/mol. The van der Waals surface area contributed by atoms with Crippen LogP contribution in [0, 0.1) is 23.2 Å². The standard InChI is InChI=1S/C15H26O2/c1-9(2)10-5-7-14(3)11-6-8-15(4,16)13(17-11)12(10)14/h9-13,16H,5-8H2,1-4H3/t10-,11+,12+,13+,14-,15+/m0/s1. The van der Waals surface area contributed by atoms with E-state index in [1.165, 1.54) is 12.8 Å². The summed E-state index contributed by atoms with van der Waals surface area (Å²) in [5.41, 5.74) is -0.267. The molecule has 1 N–H and O–H groups in total. The van der Waals surface area contributed by atoms with Gasteiger partial charge in [-0.1, -0.05) is 20.8 Å². The predicted molar refractivity (Wildman–Crippen MR) is 67.7 cm³/mol. The van der Waals surface area contributed by atoms with E-state index in [-0.39, 0.29) is 6.10 Å². The van der Waals surface area contributed by atoms with E-state index in [1.54, 1.807) is 0 Å². The summed E-state index contributed by atoms with van der Waals surface area (Å²) in [6, 6.07) is 0. The summed E-state index contributed by atoms with van der Waals surface area (Å²) in [5.74, 6) is 2.02. The van der Waals surface area contributed by atoms with Crippen LogP contribution in [-0.4, -0.2) is 22.9 Å². The van der Waals surface area contributed by atoms with Crippen LogP contribution in [0.4, 0.5) is 0 Å². The Hall–Kier alpha value is -0.0800. The Labute approximate surface area is 105 Å². The van der Waals surface area contributed by atoms with Gasteiger partial charge in [-0.2, -0.15) is 0 Å². The third-order valence-electron chi connectivity index (χ3n) is 5.99. The average molecular weight is 238 g/mol. The Morgan fingerprint density at radius 1 is 1.18 bits per heavy atom. The molecule has 0 aromatic heterocycles. The molecule has 3 fully saturated rings. The second-order valence-corrected chi connectivity index (χ2v) is 7.42. The summed E-state index contributed by atoms with van der Waals surface area (Å²) in [6.45, 7) is 9.04. The van der Waals surface area contributed by atoms with E-state index in [4.69, 9.17) is 4.74 Å². The van der Waals surface area contributed by atoms with Gasteiger partial charge in [-0.3, -0.25) is 0 Å². The van der Waals surface area contributed by atoms with Crippen LogP contribution in [0.5, 0.6) is 0 Å². The highest BCUT2D eigenvalue weighted by Crippen LogP contribution is 2.63. The van der Waals surface area contributed by atoms with Gasteiger partial charge in [0.1, 0.15) is 0 Å². The van der Waals surface area contributed by atoms with Crippen molar-refractivity contribution < 1.29 is 9.84 Å². The Morgan fingerprint density at radius 2 is 1.88 bits per heavy atom. The molecule has 0 aromatic carbocycles. The van der Waals surface area contributed by atoms with Gasteiger partial charge in [0.05, 0.1) is 17.8 Å². The summed E-state index contributed by atoms with van der Waals surface area (Å²) >= 11 is 0. The maximum atomic E-state index is 10.6. The molecule has 0 unspecified atom stereocenters. The summed E-state index contributed by atoms with van der Waals surface area (Å²) in [4.78, 5) is 0. The van der Waals surface area contributed by atoms with Gasteiger partial charge in [-0.25, -0.2) is 0 Å². The maximum absolute atomic E-state index is 10.6. The highest BCUT2D eigenvalue weighted by Gasteiger charge is 2.65. The lowest BCUT2D eigenvalue weighted by Gasteiger charge is -2.39. The van der Waals surface area contributed by atoms with E-state index in [1.807, 2.05) is 6.92 Å². The SMILES string of the molecule is CC(C)[C@@H]1CC[C@]2(C)[C@H]1[C@H]1O[C@@H]2CC[C@@]1(C)O. The summed E-state index contributed by atoms with van der Waals surface area (Å²) in [7, 11) is 0. The third kappa shape index (κ3) is 1.46. The van der Waals surface area contributed by atoms with Crippen molar-refractivity contribution in [2.75, 3.05) is 0 Å². The molecule has 3 aliphatic rings. The molecule has 2 aliphatic heterocycles. The van der Waals surface area contributed by atoms with Gasteiger partial charge in [0.15, 0.2) is 0 Å². The van der Waals surface area contributed by atoms with E-state index in [0.717, 1.165) is 18.8 Å². The lowest BCUT2D eigenvalue weighted by Crippen LogP contribution is -2.47. The largest absolute Gasteiger partial charge is 0.387 e. The molecule has 0 spiro atoms. The van der Waals surface area contributed by atoms with Crippen molar-refractivity contribution in [2.24, 2.45) is 23.2 Å². The fourth-order valence-electron chi connectivity index (χ4n) is 4.92. The Bertz CT molecular complexity index is 323. The Balaban J connectivity index is 1.98. The number of hydrogen-bond acceptors (Lipinski definition) is 2. The van der Waals surface area contributed by atoms with Crippen LogP contribution in [0.1, 0.15) is 53.4 Å². The first kappa shape index (κ1) is 12.0. The summed E-state index contributed by atoms with van der Waals surface area (Å²) in [5, 5.41) is 10.6. The van der Waals surface area contributed by atoms with Crippen LogP contribution < -0.4 is 0 Å². The number of fused-ring (bicyclic) bond motifs is 5. The molecule has 2 heteroatoms. The van der Waals surface area contributed by atoms with E-state index >= 15 is 0 Å². The highest BCUT2D eigenvalue weighted by molar-refractivity contribution is 5.13. The van der Waals surface area contributed by atoms with E-state index < -0.39 is 5.60 Å². The molecule has 1 aliphatic carbocycles. The Morgan fingerprint density at radius 3 is 2.53 bits per heavy atom. The first-order valence-corrected chi connectivity index (χ1v) is 7.24. The van der Waals surface area contributed by atoms with Crippen molar-refractivity contribution in [2.45, 2.75) is 71.2 Å². The van der Waals surface area contributed by atoms with E-state index in [0.29, 0.717) is 23.4 Å². The lowest BCUT2D eigenvalue weighted by molar-refractivity contribution is -0.152. The lowest BCUT2D eigenvalue weighted by atomic mass is 9.70. The van der Waals surface area contributed by atoms with Gasteiger partial charge in [0.25, 0.3) is 0 Å². The third-order valence-corrected chi connectivity index (χ3v) is 5.99. The molecule has 0 aromatic rings. The zero-order chi connectivity index (χ0) is 12.4. The van der Waals surface area contributed by atoms with Crippen LogP contribution in [0.15, 0.2) is 0 Å². The van der Waals surface area contributed by atoms with Crippen LogP contribution in [0.2, 0.25) is 0 Å². The quantitative estimate of drug-likeness (QED) is 0.761. The number of ether oxygens (including phenoxy) is 1. The van der Waals surface area contributed by atoms with E-state index in [2.05, 4.69) is 20.8 Å². The monoisotopic (exact) mass is 238 g/mol. The second-order valence-electron chi connectivity index (χ2n) is 7.42. The molecule has 2 nitrogen and oxygen atoms in total. The minimum atomic E-state index is -0.601. The van der Waals surface area contributed by atoms with Gasteiger partial charge in [0.2, 0.25) is 0 Å². The minimum Gasteiger partial charge on any atom is -0.387 e. The van der Waals surface area contributed by atoms with Gasteiger partial charge < -0.3 is 9.84 Å². The average Bonchev–Trinajstić information content (AvgIpc) is 2.67. The summed E-state index contributed by atoms with van der Waals surface area (Å²) < 4.78 is 6.21. The van der Waals surface area contributed by atoms with Crippen LogP contribution in [-0.2, 0) is 4.74 Å².